The lowest BCUT2D eigenvalue weighted by Crippen LogP contribution is -2.15. The number of carbonyl (C=O) groups excluding carboxylic acids is 1. The van der Waals surface area contributed by atoms with E-state index in [0.717, 1.165) is 37.4 Å². The Hall–Kier alpha value is -2.30. The fraction of sp³-hybridized carbons (Fsp3) is 0.350. The average Bonchev–Trinajstić information content (AvgIpc) is 3.29. The van der Waals surface area contributed by atoms with Gasteiger partial charge in [-0.05, 0) is 30.5 Å². The van der Waals surface area contributed by atoms with Gasteiger partial charge < -0.3 is 5.32 Å². The van der Waals surface area contributed by atoms with Gasteiger partial charge in [-0.1, -0.05) is 43.9 Å². The van der Waals surface area contributed by atoms with Crippen molar-refractivity contribution in [3.8, 4) is 0 Å². The van der Waals surface area contributed by atoms with Crippen LogP contribution in [0.2, 0.25) is 0 Å². The first kappa shape index (κ1) is 21.0. The highest BCUT2D eigenvalue weighted by atomic mass is 32.2. The van der Waals surface area contributed by atoms with E-state index < -0.39 is 0 Å². The first-order valence-electron chi connectivity index (χ1n) is 9.63. The molecule has 10 heteroatoms. The van der Waals surface area contributed by atoms with Crippen LogP contribution in [0.5, 0.6) is 0 Å². The first-order valence-corrected chi connectivity index (χ1v) is 12.2. The van der Waals surface area contributed by atoms with Crippen LogP contribution in [-0.2, 0) is 17.0 Å². The van der Waals surface area contributed by atoms with Gasteiger partial charge in [-0.3, -0.25) is 9.59 Å². The van der Waals surface area contributed by atoms with Gasteiger partial charge in [0.1, 0.15) is 5.01 Å². The Morgan fingerprint density at radius 3 is 2.83 bits per heavy atom. The summed E-state index contributed by atoms with van der Waals surface area (Å²) >= 11 is 4.56. The minimum absolute atomic E-state index is 0.0190. The lowest BCUT2D eigenvalue weighted by Gasteiger charge is -2.06. The molecule has 0 unspecified atom stereocenters. The molecular formula is C20H21N5O2S3. The number of nitrogens with one attached hydrogen (secondary N) is 1. The summed E-state index contributed by atoms with van der Waals surface area (Å²) in [7, 11) is 0. The fourth-order valence-electron chi connectivity index (χ4n) is 2.87. The minimum atomic E-state index is -0.155. The van der Waals surface area contributed by atoms with E-state index in [4.69, 9.17) is 0 Å². The molecule has 0 aliphatic carbocycles. The summed E-state index contributed by atoms with van der Waals surface area (Å²) in [6.07, 6.45) is 1.28. The molecule has 1 aromatic carbocycles. The van der Waals surface area contributed by atoms with Gasteiger partial charge in [0.15, 0.2) is 4.34 Å². The first-order chi connectivity index (χ1) is 14.4. The second-order valence-corrected chi connectivity index (χ2v) is 10.5. The van der Waals surface area contributed by atoms with E-state index in [1.807, 2.05) is 39.0 Å². The molecule has 0 saturated heterocycles. The third-order valence-corrected chi connectivity index (χ3v) is 7.48. The summed E-state index contributed by atoms with van der Waals surface area (Å²) in [5.41, 5.74) is 2.24. The molecular weight excluding hydrogens is 438 g/mol. The van der Waals surface area contributed by atoms with Crippen LogP contribution >= 0.6 is 34.4 Å². The van der Waals surface area contributed by atoms with Crippen molar-refractivity contribution in [1.82, 2.24) is 19.6 Å². The zero-order valence-electron chi connectivity index (χ0n) is 16.8. The zero-order valence-corrected chi connectivity index (χ0v) is 19.3. The maximum absolute atomic E-state index is 12.3. The van der Waals surface area contributed by atoms with Crippen LogP contribution in [0.3, 0.4) is 0 Å². The Kier molecular flexibility index (Phi) is 6.16. The van der Waals surface area contributed by atoms with Crippen LogP contribution in [0.1, 0.15) is 37.9 Å². The van der Waals surface area contributed by atoms with Crippen molar-refractivity contribution in [1.29, 1.82) is 0 Å². The quantitative estimate of drug-likeness (QED) is 0.406. The molecule has 4 rings (SSSR count). The molecule has 0 saturated carbocycles. The highest BCUT2D eigenvalue weighted by Gasteiger charge is 2.11. The predicted molar refractivity (Wildman–Crippen MR) is 124 cm³/mol. The lowest BCUT2D eigenvalue weighted by atomic mass is 10.1. The Morgan fingerprint density at radius 1 is 1.23 bits per heavy atom. The van der Waals surface area contributed by atoms with E-state index in [0.29, 0.717) is 23.1 Å². The lowest BCUT2D eigenvalue weighted by molar-refractivity contribution is -0.116. The van der Waals surface area contributed by atoms with E-state index in [1.54, 1.807) is 23.1 Å². The molecule has 0 spiro atoms. The van der Waals surface area contributed by atoms with E-state index in [2.05, 4.69) is 20.4 Å². The number of nitrogens with zero attached hydrogens (tertiary/aromatic N) is 4. The topological polar surface area (TPSA) is 89.3 Å². The Bertz CT molecular complexity index is 1270. The Labute approximate surface area is 185 Å². The number of fused-ring (bicyclic) bond motifs is 2. The van der Waals surface area contributed by atoms with Crippen LogP contribution in [-0.4, -0.2) is 25.5 Å². The number of anilines is 1. The van der Waals surface area contributed by atoms with Gasteiger partial charge >= 0.3 is 0 Å². The van der Waals surface area contributed by atoms with Crippen molar-refractivity contribution in [2.45, 2.75) is 43.7 Å². The summed E-state index contributed by atoms with van der Waals surface area (Å²) in [5.74, 6) is 0.896. The number of hydrogen-bond acceptors (Lipinski definition) is 8. The number of hydrogen-bond donors (Lipinski definition) is 1. The summed E-state index contributed by atoms with van der Waals surface area (Å²) in [5, 5.41) is 8.12. The van der Waals surface area contributed by atoms with Crippen LogP contribution in [0.25, 0.3) is 15.2 Å². The van der Waals surface area contributed by atoms with Gasteiger partial charge in [-0.25, -0.2) is 9.97 Å². The normalized spacial score (nSPS) is 11.6. The molecule has 0 fully saturated rings. The molecule has 0 atom stereocenters. The Balaban J connectivity index is 1.48. The van der Waals surface area contributed by atoms with Crippen molar-refractivity contribution in [2.75, 3.05) is 5.32 Å². The molecule has 7 nitrogen and oxygen atoms in total. The van der Waals surface area contributed by atoms with E-state index in [1.165, 1.54) is 21.9 Å². The van der Waals surface area contributed by atoms with Crippen LogP contribution < -0.4 is 10.9 Å². The molecule has 0 aliphatic rings. The molecule has 1 amide bonds. The molecule has 0 aliphatic heterocycles. The minimum Gasteiger partial charge on any atom is -0.326 e. The number of thiazole rings is 1. The summed E-state index contributed by atoms with van der Waals surface area (Å²) in [4.78, 5) is 34.1. The van der Waals surface area contributed by atoms with Gasteiger partial charge in [-0.15, -0.1) is 11.3 Å². The SMILES string of the molecule is CCc1nn2c(=O)cc(CSc3nc4ccc(NC(=O)CC(C)C)cc4s3)nc2s1. The maximum atomic E-state index is 12.3. The Morgan fingerprint density at radius 2 is 2.07 bits per heavy atom. The molecule has 1 N–H and O–H groups in total. The second-order valence-electron chi connectivity index (χ2n) is 7.23. The van der Waals surface area contributed by atoms with Gasteiger partial charge in [0, 0.05) is 23.9 Å². The fourth-order valence-corrected chi connectivity index (χ4v) is 5.73. The third kappa shape index (κ3) is 4.71. The maximum Gasteiger partial charge on any atom is 0.275 e. The number of benzene rings is 1. The number of amides is 1. The van der Waals surface area contributed by atoms with Crippen molar-refractivity contribution in [3.05, 3.63) is 45.3 Å². The van der Waals surface area contributed by atoms with Crippen LogP contribution in [0, 0.1) is 5.92 Å². The second kappa shape index (κ2) is 8.83. The van der Waals surface area contributed by atoms with Crippen LogP contribution in [0.15, 0.2) is 33.4 Å². The average molecular weight is 460 g/mol. The molecule has 0 bridgehead atoms. The van der Waals surface area contributed by atoms with Crippen molar-refractivity contribution in [2.24, 2.45) is 5.92 Å². The monoisotopic (exact) mass is 459 g/mol. The van der Waals surface area contributed by atoms with E-state index >= 15 is 0 Å². The molecule has 3 aromatic heterocycles. The number of thioether (sulfide) groups is 1. The van der Waals surface area contributed by atoms with Crippen molar-refractivity contribution in [3.63, 3.8) is 0 Å². The number of aryl methyl sites for hydroxylation is 1. The summed E-state index contributed by atoms with van der Waals surface area (Å²) < 4.78 is 3.28. The number of rotatable bonds is 7. The van der Waals surface area contributed by atoms with Crippen molar-refractivity contribution < 1.29 is 4.79 Å². The molecule has 30 heavy (non-hydrogen) atoms. The van der Waals surface area contributed by atoms with Gasteiger partial charge in [0.25, 0.3) is 5.56 Å². The molecule has 3 heterocycles. The van der Waals surface area contributed by atoms with E-state index in [9.17, 15) is 9.59 Å². The van der Waals surface area contributed by atoms with E-state index in [-0.39, 0.29) is 11.5 Å². The zero-order chi connectivity index (χ0) is 21.3. The summed E-state index contributed by atoms with van der Waals surface area (Å²) in [6.45, 7) is 6.05. The van der Waals surface area contributed by atoms with Gasteiger partial charge in [0.05, 0.1) is 15.9 Å². The highest BCUT2D eigenvalue weighted by molar-refractivity contribution is 8.00. The highest BCUT2D eigenvalue weighted by Crippen LogP contribution is 2.32. The third-order valence-electron chi connectivity index (χ3n) is 4.23. The molecule has 4 aromatic rings. The number of carbonyl (C=O) groups is 1. The predicted octanol–water partition coefficient (Wildman–Crippen LogP) is 4.60. The number of aromatic nitrogens is 4. The van der Waals surface area contributed by atoms with Gasteiger partial charge in [0.2, 0.25) is 10.9 Å². The van der Waals surface area contributed by atoms with Crippen molar-refractivity contribution >= 4 is 61.2 Å². The standard InChI is InChI=1S/C20H21N5O2S3/c1-4-17-24-25-18(27)9-13(22-19(25)30-17)10-28-20-23-14-6-5-12(8-15(14)29-20)21-16(26)7-11(2)3/h5-6,8-9,11H,4,7,10H2,1-3H3,(H,21,26). The largest absolute Gasteiger partial charge is 0.326 e. The van der Waals surface area contributed by atoms with Crippen LogP contribution in [0.4, 0.5) is 5.69 Å². The van der Waals surface area contributed by atoms with Gasteiger partial charge in [-0.2, -0.15) is 9.61 Å². The molecule has 0 radical (unpaired) electrons. The smallest absolute Gasteiger partial charge is 0.275 e. The molecule has 156 valence electrons. The summed E-state index contributed by atoms with van der Waals surface area (Å²) in [6, 6.07) is 7.28.